The molecule has 0 saturated heterocycles. The van der Waals surface area contributed by atoms with E-state index in [0.29, 0.717) is 42.5 Å². The molecule has 3 aromatic rings. The molecule has 0 spiro atoms. The average molecular weight is 462 g/mol. The molecule has 176 valence electrons. The predicted molar refractivity (Wildman–Crippen MR) is 127 cm³/mol. The molecule has 0 radical (unpaired) electrons. The molecule has 0 bridgehead atoms. The van der Waals surface area contributed by atoms with Gasteiger partial charge in [0, 0.05) is 42.8 Å². The molecule has 4 rings (SSSR count). The van der Waals surface area contributed by atoms with Crippen molar-refractivity contribution in [3.8, 4) is 17.4 Å². The highest BCUT2D eigenvalue weighted by Crippen LogP contribution is 2.32. The molecule has 8 heteroatoms. The normalized spacial score (nSPS) is 14.7. The molecule has 2 heterocycles. The van der Waals surface area contributed by atoms with Gasteiger partial charge in [-0.05, 0) is 36.4 Å². The first-order chi connectivity index (χ1) is 16.5. The Morgan fingerprint density at radius 3 is 2.50 bits per heavy atom. The Labute approximate surface area is 198 Å². The number of carbonyl (C=O) groups is 2. The van der Waals surface area contributed by atoms with Gasteiger partial charge in [0.2, 0.25) is 11.8 Å². The van der Waals surface area contributed by atoms with Crippen molar-refractivity contribution in [2.24, 2.45) is 0 Å². The van der Waals surface area contributed by atoms with Crippen LogP contribution in [0.25, 0.3) is 0 Å². The number of carbonyl (C=O) groups excluding carboxylic acids is 2. The highest BCUT2D eigenvalue weighted by Gasteiger charge is 2.35. The van der Waals surface area contributed by atoms with Crippen LogP contribution in [0.3, 0.4) is 0 Å². The van der Waals surface area contributed by atoms with Gasteiger partial charge < -0.3 is 24.4 Å². The van der Waals surface area contributed by atoms with Crippen LogP contribution in [0.15, 0.2) is 60.7 Å². The van der Waals surface area contributed by atoms with Crippen molar-refractivity contribution >= 4 is 17.5 Å². The first-order valence-corrected chi connectivity index (χ1v) is 11.0. The van der Waals surface area contributed by atoms with Crippen molar-refractivity contribution < 1.29 is 23.8 Å². The summed E-state index contributed by atoms with van der Waals surface area (Å²) in [4.78, 5) is 31.5. The summed E-state index contributed by atoms with van der Waals surface area (Å²) in [5.74, 6) is 1.44. The highest BCUT2D eigenvalue weighted by atomic mass is 16.5. The molecular formula is C26H27N3O5. The largest absolute Gasteiger partial charge is 0.496 e. The summed E-state index contributed by atoms with van der Waals surface area (Å²) in [7, 11) is 3.17. The molecule has 1 atom stereocenters. The molecular weight excluding hydrogens is 434 g/mol. The lowest BCUT2D eigenvalue weighted by Crippen LogP contribution is -2.44. The molecule has 0 saturated carbocycles. The molecule has 2 aromatic carbocycles. The average Bonchev–Trinajstić information content (AvgIpc) is 2.87. The number of rotatable bonds is 7. The summed E-state index contributed by atoms with van der Waals surface area (Å²) in [6, 6.07) is 17.5. The van der Waals surface area contributed by atoms with Gasteiger partial charge in [0.1, 0.15) is 24.1 Å². The summed E-state index contributed by atoms with van der Waals surface area (Å²) in [5, 5.41) is 2.92. The molecule has 34 heavy (non-hydrogen) atoms. The summed E-state index contributed by atoms with van der Waals surface area (Å²) < 4.78 is 16.4. The Kier molecular flexibility index (Phi) is 6.96. The van der Waals surface area contributed by atoms with Gasteiger partial charge in [0.15, 0.2) is 0 Å². The number of nitrogens with zero attached hydrogens (tertiary/aromatic N) is 2. The van der Waals surface area contributed by atoms with Gasteiger partial charge in [0.25, 0.3) is 5.91 Å². The molecule has 2 amide bonds. The second-order valence-corrected chi connectivity index (χ2v) is 7.87. The summed E-state index contributed by atoms with van der Waals surface area (Å²) in [6.45, 7) is 2.24. The van der Waals surface area contributed by atoms with Gasteiger partial charge >= 0.3 is 0 Å². The Balaban J connectivity index is 1.47. The standard InChI is InChI=1S/C26H27N3O5/c1-17(30)29-15-14-22-21(12-13-24(28-22)33-3)25(29)26(31)27-19-8-10-20(11-9-19)34-16-18-6-4-5-7-23(18)32-2/h4-13,25H,14-16H2,1-3H3,(H,27,31)/t25-/m0/s1. The molecule has 0 unspecified atom stereocenters. The summed E-state index contributed by atoms with van der Waals surface area (Å²) >= 11 is 0. The minimum absolute atomic E-state index is 0.165. The van der Waals surface area contributed by atoms with Crippen LogP contribution in [0.1, 0.15) is 29.8 Å². The third-order valence-electron chi connectivity index (χ3n) is 5.75. The molecule has 1 N–H and O–H groups in total. The first kappa shape index (κ1) is 23.1. The molecule has 8 nitrogen and oxygen atoms in total. The number of methoxy groups -OCH3 is 2. The van der Waals surface area contributed by atoms with Crippen LogP contribution in [0.4, 0.5) is 5.69 Å². The predicted octanol–water partition coefficient (Wildman–Crippen LogP) is 3.76. The quantitative estimate of drug-likeness (QED) is 0.576. The molecule has 0 fully saturated rings. The minimum atomic E-state index is -0.763. The topological polar surface area (TPSA) is 90.0 Å². The maximum absolute atomic E-state index is 13.3. The molecule has 1 aromatic heterocycles. The number of aromatic nitrogens is 1. The van der Waals surface area contributed by atoms with Gasteiger partial charge in [-0.1, -0.05) is 18.2 Å². The number of para-hydroxylation sites is 1. The third kappa shape index (κ3) is 4.96. The van der Waals surface area contributed by atoms with Crippen molar-refractivity contribution in [1.29, 1.82) is 0 Å². The minimum Gasteiger partial charge on any atom is -0.496 e. The van der Waals surface area contributed by atoms with E-state index in [2.05, 4.69) is 10.3 Å². The van der Waals surface area contributed by atoms with Crippen LogP contribution in [-0.4, -0.2) is 42.5 Å². The van der Waals surface area contributed by atoms with E-state index in [1.54, 1.807) is 55.5 Å². The van der Waals surface area contributed by atoms with Crippen molar-refractivity contribution in [3.05, 3.63) is 77.5 Å². The fourth-order valence-electron chi connectivity index (χ4n) is 4.03. The van der Waals surface area contributed by atoms with E-state index in [1.165, 1.54) is 6.92 Å². The van der Waals surface area contributed by atoms with Crippen molar-refractivity contribution in [3.63, 3.8) is 0 Å². The number of amides is 2. The SMILES string of the molecule is COc1ccc2c(n1)CCN(C(C)=O)[C@@H]2C(=O)Nc1ccc(OCc2ccccc2OC)cc1. The molecule has 1 aliphatic heterocycles. The lowest BCUT2D eigenvalue weighted by Gasteiger charge is -2.35. The zero-order chi connectivity index (χ0) is 24.1. The van der Waals surface area contributed by atoms with E-state index in [1.807, 2.05) is 24.3 Å². The van der Waals surface area contributed by atoms with E-state index < -0.39 is 6.04 Å². The maximum Gasteiger partial charge on any atom is 0.251 e. The number of hydrogen-bond donors (Lipinski definition) is 1. The number of hydrogen-bond acceptors (Lipinski definition) is 6. The zero-order valence-electron chi connectivity index (χ0n) is 19.4. The van der Waals surface area contributed by atoms with Crippen LogP contribution < -0.4 is 19.5 Å². The van der Waals surface area contributed by atoms with Gasteiger partial charge in [-0.2, -0.15) is 0 Å². The van der Waals surface area contributed by atoms with Crippen LogP contribution in [0.2, 0.25) is 0 Å². The van der Waals surface area contributed by atoms with Gasteiger partial charge in [-0.3, -0.25) is 9.59 Å². The zero-order valence-corrected chi connectivity index (χ0v) is 19.4. The second kappa shape index (κ2) is 10.2. The van der Waals surface area contributed by atoms with Crippen LogP contribution >= 0.6 is 0 Å². The van der Waals surface area contributed by atoms with Crippen LogP contribution in [0.5, 0.6) is 17.4 Å². The number of anilines is 1. The smallest absolute Gasteiger partial charge is 0.251 e. The van der Waals surface area contributed by atoms with Crippen LogP contribution in [-0.2, 0) is 22.6 Å². The second-order valence-electron chi connectivity index (χ2n) is 7.87. The third-order valence-corrected chi connectivity index (χ3v) is 5.75. The van der Waals surface area contributed by atoms with E-state index in [4.69, 9.17) is 14.2 Å². The molecule has 0 aliphatic carbocycles. The Bertz CT molecular complexity index is 1180. The van der Waals surface area contributed by atoms with E-state index in [9.17, 15) is 9.59 Å². The Hall–Kier alpha value is -4.07. The van der Waals surface area contributed by atoms with E-state index in [0.717, 1.165) is 17.0 Å². The summed E-state index contributed by atoms with van der Waals surface area (Å²) in [5.41, 5.74) is 3.01. The van der Waals surface area contributed by atoms with Gasteiger partial charge in [-0.25, -0.2) is 4.98 Å². The van der Waals surface area contributed by atoms with E-state index in [-0.39, 0.29) is 11.8 Å². The maximum atomic E-state index is 13.3. The fourth-order valence-corrected chi connectivity index (χ4v) is 4.03. The lowest BCUT2D eigenvalue weighted by atomic mass is 9.95. The number of pyridine rings is 1. The summed E-state index contributed by atoms with van der Waals surface area (Å²) in [6.07, 6.45) is 0.564. The number of nitrogens with one attached hydrogen (secondary N) is 1. The van der Waals surface area contributed by atoms with E-state index >= 15 is 0 Å². The van der Waals surface area contributed by atoms with Crippen molar-refractivity contribution in [2.75, 3.05) is 26.1 Å². The lowest BCUT2D eigenvalue weighted by molar-refractivity contribution is -0.137. The first-order valence-electron chi connectivity index (χ1n) is 11.0. The number of fused-ring (bicyclic) bond motifs is 1. The van der Waals surface area contributed by atoms with Crippen LogP contribution in [0, 0.1) is 0 Å². The van der Waals surface area contributed by atoms with Crippen molar-refractivity contribution in [2.45, 2.75) is 26.0 Å². The number of ether oxygens (including phenoxy) is 3. The number of benzene rings is 2. The highest BCUT2D eigenvalue weighted by molar-refractivity contribution is 5.98. The van der Waals surface area contributed by atoms with Gasteiger partial charge in [-0.15, -0.1) is 0 Å². The molecule has 1 aliphatic rings. The van der Waals surface area contributed by atoms with Gasteiger partial charge in [0.05, 0.1) is 19.9 Å². The Morgan fingerprint density at radius 2 is 1.79 bits per heavy atom. The fraction of sp³-hybridized carbons (Fsp3) is 0.269. The van der Waals surface area contributed by atoms with Crippen molar-refractivity contribution in [1.82, 2.24) is 9.88 Å². The monoisotopic (exact) mass is 461 g/mol. The Morgan fingerprint density at radius 1 is 1.03 bits per heavy atom.